The van der Waals surface area contributed by atoms with Crippen molar-refractivity contribution in [2.24, 2.45) is 5.92 Å². The lowest BCUT2D eigenvalue weighted by Gasteiger charge is -2.20. The van der Waals surface area contributed by atoms with Crippen LogP contribution in [0.25, 0.3) is 5.82 Å². The number of aromatic nitrogens is 3. The molecule has 2 heterocycles. The van der Waals surface area contributed by atoms with Gasteiger partial charge in [0.2, 0.25) is 11.8 Å². The molecular weight excluding hydrogens is 282 g/mol. The van der Waals surface area contributed by atoms with E-state index < -0.39 is 6.04 Å². The number of amides is 2. The number of pyridine rings is 1. The quantitative estimate of drug-likeness (QED) is 0.873. The normalized spacial score (nSPS) is 12.0. The van der Waals surface area contributed by atoms with Crippen LogP contribution in [0.4, 0.5) is 5.69 Å². The van der Waals surface area contributed by atoms with Crippen molar-refractivity contribution in [2.75, 3.05) is 5.32 Å². The highest BCUT2D eigenvalue weighted by molar-refractivity contribution is 5.97. The Kier molecular flexibility index (Phi) is 4.88. The number of carbonyl (C=O) groups excluding carboxylic acids is 2. The van der Waals surface area contributed by atoms with Crippen molar-refractivity contribution in [1.29, 1.82) is 0 Å². The summed E-state index contributed by atoms with van der Waals surface area (Å²) in [4.78, 5) is 27.6. The van der Waals surface area contributed by atoms with Crippen molar-refractivity contribution in [1.82, 2.24) is 20.1 Å². The predicted octanol–water partition coefficient (Wildman–Crippen LogP) is 1.37. The summed E-state index contributed by atoms with van der Waals surface area (Å²) < 4.78 is 1.62. The fourth-order valence-corrected chi connectivity index (χ4v) is 1.97. The fraction of sp³-hybridized carbons (Fsp3) is 0.333. The molecule has 0 spiro atoms. The van der Waals surface area contributed by atoms with Gasteiger partial charge in [0.1, 0.15) is 6.04 Å². The zero-order valence-electron chi connectivity index (χ0n) is 12.8. The lowest BCUT2D eigenvalue weighted by Crippen LogP contribution is -2.46. The largest absolute Gasteiger partial charge is 0.344 e. The summed E-state index contributed by atoms with van der Waals surface area (Å²) in [6.07, 6.45) is 5.00. The van der Waals surface area contributed by atoms with Gasteiger partial charge in [-0.15, -0.1) is 0 Å². The molecule has 2 aromatic rings. The zero-order valence-corrected chi connectivity index (χ0v) is 12.8. The lowest BCUT2D eigenvalue weighted by atomic mass is 10.0. The summed E-state index contributed by atoms with van der Waals surface area (Å²) in [6, 6.07) is 4.72. The van der Waals surface area contributed by atoms with Crippen LogP contribution in [0, 0.1) is 5.92 Å². The number of carbonyl (C=O) groups is 2. The highest BCUT2D eigenvalue weighted by Gasteiger charge is 2.23. The molecule has 7 nitrogen and oxygen atoms in total. The van der Waals surface area contributed by atoms with Crippen LogP contribution in [-0.2, 0) is 9.59 Å². The first-order chi connectivity index (χ1) is 10.5. The van der Waals surface area contributed by atoms with Crippen LogP contribution in [0.15, 0.2) is 36.8 Å². The molecule has 2 amide bonds. The van der Waals surface area contributed by atoms with Gasteiger partial charge in [0.15, 0.2) is 5.82 Å². The first-order valence-electron chi connectivity index (χ1n) is 7.01. The van der Waals surface area contributed by atoms with Crippen LogP contribution in [-0.4, -0.2) is 32.6 Å². The number of anilines is 1. The molecule has 1 atom stereocenters. The van der Waals surface area contributed by atoms with Crippen LogP contribution in [0.5, 0.6) is 0 Å². The second-order valence-electron chi connectivity index (χ2n) is 5.27. The molecule has 2 N–H and O–H groups in total. The molecule has 1 unspecified atom stereocenters. The second kappa shape index (κ2) is 6.84. The Balaban J connectivity index is 2.06. The number of nitrogens with one attached hydrogen (secondary N) is 2. The third kappa shape index (κ3) is 3.91. The summed E-state index contributed by atoms with van der Waals surface area (Å²) in [6.45, 7) is 5.14. The van der Waals surface area contributed by atoms with E-state index in [0.717, 1.165) is 0 Å². The van der Waals surface area contributed by atoms with E-state index in [2.05, 4.69) is 20.7 Å². The number of rotatable bonds is 5. The predicted molar refractivity (Wildman–Crippen MR) is 82.4 cm³/mol. The van der Waals surface area contributed by atoms with Crippen molar-refractivity contribution in [2.45, 2.75) is 26.8 Å². The first-order valence-corrected chi connectivity index (χ1v) is 7.01. The highest BCUT2D eigenvalue weighted by atomic mass is 16.2. The van der Waals surface area contributed by atoms with Gasteiger partial charge in [-0.05, 0) is 24.1 Å². The Hall–Kier alpha value is -2.70. The second-order valence-corrected chi connectivity index (χ2v) is 5.27. The van der Waals surface area contributed by atoms with Gasteiger partial charge in [-0.3, -0.25) is 9.59 Å². The Bertz CT molecular complexity index is 634. The molecule has 0 aliphatic carbocycles. The summed E-state index contributed by atoms with van der Waals surface area (Å²) >= 11 is 0. The van der Waals surface area contributed by atoms with Gasteiger partial charge in [-0.2, -0.15) is 5.10 Å². The van der Waals surface area contributed by atoms with Gasteiger partial charge in [-0.25, -0.2) is 9.67 Å². The Morgan fingerprint density at radius 1 is 1.27 bits per heavy atom. The third-order valence-electron chi connectivity index (χ3n) is 3.06. The van der Waals surface area contributed by atoms with Gasteiger partial charge in [0.25, 0.3) is 0 Å². The van der Waals surface area contributed by atoms with E-state index in [1.165, 1.54) is 6.92 Å². The molecule has 2 rings (SSSR count). The molecule has 0 aromatic carbocycles. The summed E-state index contributed by atoms with van der Waals surface area (Å²) in [5.74, 6) is 0.144. The van der Waals surface area contributed by atoms with Crippen molar-refractivity contribution in [3.8, 4) is 5.82 Å². The van der Waals surface area contributed by atoms with E-state index in [-0.39, 0.29) is 17.7 Å². The van der Waals surface area contributed by atoms with Gasteiger partial charge in [0, 0.05) is 19.3 Å². The maximum atomic E-state index is 12.2. The maximum absolute atomic E-state index is 12.2. The topological polar surface area (TPSA) is 88.9 Å². The Morgan fingerprint density at radius 3 is 2.55 bits per heavy atom. The monoisotopic (exact) mass is 301 g/mol. The van der Waals surface area contributed by atoms with Crippen LogP contribution in [0.1, 0.15) is 20.8 Å². The number of nitrogens with zero attached hydrogens (tertiary/aromatic N) is 3. The molecule has 0 aliphatic rings. The van der Waals surface area contributed by atoms with Crippen LogP contribution in [0.3, 0.4) is 0 Å². The molecule has 116 valence electrons. The molecule has 0 radical (unpaired) electrons. The standard InChI is InChI=1S/C15H19N5O2/c1-10(2)14(18-11(3)21)15(22)19-12-5-6-13(16-9-12)20-8-4-7-17-20/h4-10,14H,1-3H3,(H,18,21)(H,19,22). The van der Waals surface area contributed by atoms with Crippen molar-refractivity contribution in [3.05, 3.63) is 36.8 Å². The number of hydrogen-bond donors (Lipinski definition) is 2. The van der Waals surface area contributed by atoms with E-state index in [0.29, 0.717) is 11.5 Å². The van der Waals surface area contributed by atoms with Gasteiger partial charge >= 0.3 is 0 Å². The molecule has 0 saturated heterocycles. The third-order valence-corrected chi connectivity index (χ3v) is 3.06. The fourth-order valence-electron chi connectivity index (χ4n) is 1.97. The first kappa shape index (κ1) is 15.7. The summed E-state index contributed by atoms with van der Waals surface area (Å²) in [5, 5.41) is 9.48. The molecule has 22 heavy (non-hydrogen) atoms. The SMILES string of the molecule is CC(=O)NC(C(=O)Nc1ccc(-n2cccn2)nc1)C(C)C. The average molecular weight is 301 g/mol. The summed E-state index contributed by atoms with van der Waals surface area (Å²) in [7, 11) is 0. The minimum atomic E-state index is -0.580. The molecule has 2 aromatic heterocycles. The minimum Gasteiger partial charge on any atom is -0.344 e. The molecular formula is C15H19N5O2. The van der Waals surface area contributed by atoms with E-state index in [1.54, 1.807) is 41.5 Å². The van der Waals surface area contributed by atoms with Crippen molar-refractivity contribution in [3.63, 3.8) is 0 Å². The lowest BCUT2D eigenvalue weighted by molar-refractivity contribution is -0.126. The molecule has 7 heteroatoms. The van der Waals surface area contributed by atoms with Gasteiger partial charge in [0.05, 0.1) is 11.9 Å². The highest BCUT2D eigenvalue weighted by Crippen LogP contribution is 2.11. The minimum absolute atomic E-state index is 0.0137. The van der Waals surface area contributed by atoms with E-state index in [9.17, 15) is 9.59 Å². The number of hydrogen-bond acceptors (Lipinski definition) is 4. The van der Waals surface area contributed by atoms with E-state index in [4.69, 9.17) is 0 Å². The summed E-state index contributed by atoms with van der Waals surface area (Å²) in [5.41, 5.74) is 0.567. The van der Waals surface area contributed by atoms with Crippen LogP contribution >= 0.6 is 0 Å². The zero-order chi connectivity index (χ0) is 16.1. The van der Waals surface area contributed by atoms with Gasteiger partial charge < -0.3 is 10.6 Å². The molecule has 0 saturated carbocycles. The Morgan fingerprint density at radius 2 is 2.05 bits per heavy atom. The average Bonchev–Trinajstić information content (AvgIpc) is 2.99. The van der Waals surface area contributed by atoms with Crippen LogP contribution < -0.4 is 10.6 Å². The molecule has 0 fully saturated rings. The van der Waals surface area contributed by atoms with Crippen LogP contribution in [0.2, 0.25) is 0 Å². The van der Waals surface area contributed by atoms with Crippen molar-refractivity contribution >= 4 is 17.5 Å². The molecule has 0 aliphatic heterocycles. The molecule has 0 bridgehead atoms. The Labute approximate surface area is 128 Å². The van der Waals surface area contributed by atoms with E-state index >= 15 is 0 Å². The smallest absolute Gasteiger partial charge is 0.247 e. The van der Waals surface area contributed by atoms with Crippen molar-refractivity contribution < 1.29 is 9.59 Å². The maximum Gasteiger partial charge on any atom is 0.247 e. The van der Waals surface area contributed by atoms with E-state index in [1.807, 2.05) is 13.8 Å². The van der Waals surface area contributed by atoms with Gasteiger partial charge in [-0.1, -0.05) is 13.8 Å².